The summed E-state index contributed by atoms with van der Waals surface area (Å²) in [5.74, 6) is 1.31. The molecule has 5 nitrogen and oxygen atoms in total. The predicted molar refractivity (Wildman–Crippen MR) is 162 cm³/mol. The number of ether oxygens (including phenoxy) is 2. The summed E-state index contributed by atoms with van der Waals surface area (Å²) in [7, 11) is 1.65. The molecule has 1 aliphatic carbocycles. The van der Waals surface area contributed by atoms with Gasteiger partial charge in [0.1, 0.15) is 11.5 Å². The van der Waals surface area contributed by atoms with Crippen LogP contribution in [-0.2, 0) is 29.6 Å². The average molecular weight is 548 g/mol. The first-order valence-corrected chi connectivity index (χ1v) is 14.5. The molecule has 0 saturated heterocycles. The fourth-order valence-corrected chi connectivity index (χ4v) is 6.67. The van der Waals surface area contributed by atoms with Gasteiger partial charge in [0.25, 0.3) is 5.91 Å². The zero-order valence-corrected chi connectivity index (χ0v) is 24.5. The van der Waals surface area contributed by atoms with E-state index in [1.54, 1.807) is 7.11 Å². The largest absolute Gasteiger partial charge is 0.497 e. The van der Waals surface area contributed by atoms with Gasteiger partial charge in [0, 0.05) is 29.5 Å². The smallest absolute Gasteiger partial charge is 0.318 e. The second kappa shape index (κ2) is 10.4. The maximum atomic E-state index is 13.7. The van der Waals surface area contributed by atoms with E-state index in [-0.39, 0.29) is 23.2 Å². The fraction of sp³-hybridized carbons (Fsp3) is 0.333. The van der Waals surface area contributed by atoms with Crippen molar-refractivity contribution >= 4 is 22.6 Å². The molecular formula is C36H37NO4. The summed E-state index contributed by atoms with van der Waals surface area (Å²) in [6.07, 6.45) is 1.86. The number of carbonyl (C=O) groups is 2. The second-order valence-electron chi connectivity index (χ2n) is 12.4. The first-order valence-electron chi connectivity index (χ1n) is 14.5. The van der Waals surface area contributed by atoms with Gasteiger partial charge in [-0.3, -0.25) is 9.59 Å². The minimum atomic E-state index is -0.390. The van der Waals surface area contributed by atoms with Gasteiger partial charge in [-0.15, -0.1) is 0 Å². The summed E-state index contributed by atoms with van der Waals surface area (Å²) in [5, 5.41) is 1.97. The third kappa shape index (κ3) is 4.88. The van der Waals surface area contributed by atoms with E-state index >= 15 is 0 Å². The molecule has 0 aromatic heterocycles. The first-order chi connectivity index (χ1) is 19.7. The van der Waals surface area contributed by atoms with Crippen molar-refractivity contribution < 1.29 is 19.1 Å². The predicted octanol–water partition coefficient (Wildman–Crippen LogP) is 7.23. The molecule has 4 aromatic carbocycles. The van der Waals surface area contributed by atoms with Gasteiger partial charge in [0.05, 0.1) is 13.0 Å². The molecule has 0 bridgehead atoms. The molecule has 0 radical (unpaired) electrons. The maximum absolute atomic E-state index is 13.7. The van der Waals surface area contributed by atoms with Crippen LogP contribution in [-0.4, -0.2) is 30.4 Å². The summed E-state index contributed by atoms with van der Waals surface area (Å²) in [4.78, 5) is 28.9. The Morgan fingerprint density at radius 1 is 0.927 bits per heavy atom. The van der Waals surface area contributed by atoms with Crippen molar-refractivity contribution in [3.8, 4) is 11.5 Å². The number of amides is 1. The minimum Gasteiger partial charge on any atom is -0.497 e. The molecule has 5 heteroatoms. The maximum Gasteiger partial charge on any atom is 0.318 e. The molecule has 2 atom stereocenters. The van der Waals surface area contributed by atoms with Gasteiger partial charge in [-0.1, -0.05) is 63.2 Å². The molecular weight excluding hydrogens is 510 g/mol. The fourth-order valence-electron chi connectivity index (χ4n) is 6.67. The highest BCUT2D eigenvalue weighted by Crippen LogP contribution is 2.49. The lowest BCUT2D eigenvalue weighted by Crippen LogP contribution is -2.47. The van der Waals surface area contributed by atoms with Crippen LogP contribution in [0.15, 0.2) is 72.8 Å². The first kappa shape index (κ1) is 27.1. The molecule has 2 aliphatic rings. The van der Waals surface area contributed by atoms with Gasteiger partial charge in [0.15, 0.2) is 0 Å². The molecule has 4 aromatic rings. The molecule has 1 amide bonds. The molecule has 0 fully saturated rings. The molecule has 2 unspecified atom stereocenters. The monoisotopic (exact) mass is 547 g/mol. The highest BCUT2D eigenvalue weighted by atomic mass is 16.5. The SMILES string of the molecule is COc1ccc(CN2CC3(C)Cc4ccc(OC(=O)C(C)c5ccc(CC(C)C)cc5)c5ccc(c3c45)C2=O)cc1. The third-order valence-electron chi connectivity index (χ3n) is 8.69. The Labute approximate surface area is 242 Å². The van der Waals surface area contributed by atoms with Crippen LogP contribution in [0.3, 0.4) is 0 Å². The van der Waals surface area contributed by atoms with E-state index in [0.717, 1.165) is 51.6 Å². The molecule has 41 heavy (non-hydrogen) atoms. The van der Waals surface area contributed by atoms with Crippen LogP contribution in [0.1, 0.15) is 71.8 Å². The van der Waals surface area contributed by atoms with Gasteiger partial charge >= 0.3 is 5.97 Å². The number of nitrogens with zero attached hydrogens (tertiary/aromatic N) is 1. The normalized spacial score (nSPS) is 18.2. The van der Waals surface area contributed by atoms with Crippen molar-refractivity contribution in [1.29, 1.82) is 0 Å². The minimum absolute atomic E-state index is 0.0416. The van der Waals surface area contributed by atoms with Gasteiger partial charge in [-0.25, -0.2) is 0 Å². The Morgan fingerprint density at radius 3 is 2.32 bits per heavy atom. The zero-order chi connectivity index (χ0) is 28.9. The van der Waals surface area contributed by atoms with Crippen molar-refractivity contribution in [1.82, 2.24) is 4.90 Å². The summed E-state index contributed by atoms with van der Waals surface area (Å²) in [6.45, 7) is 9.73. The van der Waals surface area contributed by atoms with E-state index in [1.165, 1.54) is 11.1 Å². The molecule has 6 rings (SSSR count). The van der Waals surface area contributed by atoms with Crippen molar-refractivity contribution in [2.24, 2.45) is 5.92 Å². The number of rotatable bonds is 8. The quantitative estimate of drug-likeness (QED) is 0.173. The Hall–Kier alpha value is -4.12. The summed E-state index contributed by atoms with van der Waals surface area (Å²) in [5.41, 5.74) is 6.12. The molecule has 0 spiro atoms. The van der Waals surface area contributed by atoms with Crippen LogP contribution in [0, 0.1) is 5.92 Å². The van der Waals surface area contributed by atoms with Crippen LogP contribution in [0.5, 0.6) is 11.5 Å². The molecule has 1 heterocycles. The summed E-state index contributed by atoms with van der Waals surface area (Å²) >= 11 is 0. The second-order valence-corrected chi connectivity index (χ2v) is 12.4. The van der Waals surface area contributed by atoms with E-state index in [9.17, 15) is 9.59 Å². The van der Waals surface area contributed by atoms with Crippen LogP contribution < -0.4 is 9.47 Å². The van der Waals surface area contributed by atoms with Gasteiger partial charge in [-0.2, -0.15) is 0 Å². The van der Waals surface area contributed by atoms with E-state index in [2.05, 4.69) is 39.0 Å². The van der Waals surface area contributed by atoms with Gasteiger partial charge in [-0.05, 0) is 89.2 Å². The lowest BCUT2D eigenvalue weighted by Gasteiger charge is -2.39. The molecule has 0 saturated carbocycles. The van der Waals surface area contributed by atoms with Gasteiger partial charge < -0.3 is 14.4 Å². The van der Waals surface area contributed by atoms with Crippen molar-refractivity contribution in [3.63, 3.8) is 0 Å². The Kier molecular flexibility index (Phi) is 6.85. The Balaban J connectivity index is 1.27. The molecule has 210 valence electrons. The molecule has 0 N–H and O–H groups in total. The van der Waals surface area contributed by atoms with Crippen LogP contribution >= 0.6 is 0 Å². The number of benzene rings is 4. The van der Waals surface area contributed by atoms with E-state index < -0.39 is 0 Å². The lowest BCUT2D eigenvalue weighted by atomic mass is 9.77. The van der Waals surface area contributed by atoms with E-state index in [0.29, 0.717) is 24.8 Å². The Bertz CT molecular complexity index is 1640. The number of carbonyl (C=O) groups excluding carboxylic acids is 2. The standard InChI is InChI=1S/C36H37NO4/c1-22(2)18-24-6-10-26(11-7-24)23(3)35(39)41-31-17-12-27-19-36(4)21-37(20-25-8-13-28(40-5)14-9-25)34(38)30-16-15-29(31)32(27)33(30)36/h6-17,22-23H,18-21H2,1-5H3. The number of hydrogen-bond donors (Lipinski definition) is 0. The summed E-state index contributed by atoms with van der Waals surface area (Å²) < 4.78 is 11.3. The topological polar surface area (TPSA) is 55.8 Å². The van der Waals surface area contributed by atoms with Crippen LogP contribution in [0.25, 0.3) is 10.8 Å². The molecule has 1 aliphatic heterocycles. The zero-order valence-electron chi connectivity index (χ0n) is 24.5. The third-order valence-corrected chi connectivity index (χ3v) is 8.69. The highest BCUT2D eigenvalue weighted by molar-refractivity contribution is 6.07. The number of hydrogen-bond acceptors (Lipinski definition) is 4. The van der Waals surface area contributed by atoms with E-state index in [4.69, 9.17) is 9.47 Å². The van der Waals surface area contributed by atoms with Crippen molar-refractivity contribution in [3.05, 3.63) is 106 Å². The van der Waals surface area contributed by atoms with Gasteiger partial charge in [0.2, 0.25) is 0 Å². The lowest BCUT2D eigenvalue weighted by molar-refractivity contribution is -0.135. The van der Waals surface area contributed by atoms with Crippen LogP contribution in [0.2, 0.25) is 0 Å². The van der Waals surface area contributed by atoms with Crippen molar-refractivity contribution in [2.45, 2.75) is 58.4 Å². The Morgan fingerprint density at radius 2 is 1.63 bits per heavy atom. The average Bonchev–Trinajstić information content (AvgIpc) is 3.27. The number of methoxy groups -OCH3 is 1. The van der Waals surface area contributed by atoms with Crippen LogP contribution in [0.4, 0.5) is 0 Å². The highest BCUT2D eigenvalue weighted by Gasteiger charge is 2.45. The van der Waals surface area contributed by atoms with E-state index in [1.807, 2.05) is 66.4 Å². The number of esters is 1. The van der Waals surface area contributed by atoms with Crippen molar-refractivity contribution in [2.75, 3.05) is 13.7 Å². The summed E-state index contributed by atoms with van der Waals surface area (Å²) in [6, 6.07) is 24.0.